The molecule has 38 heavy (non-hydrogen) atoms. The zero-order chi connectivity index (χ0) is 27.8. The van der Waals surface area contributed by atoms with E-state index in [2.05, 4.69) is 13.5 Å². The Morgan fingerprint density at radius 3 is 1.08 bits per heavy atom. The van der Waals surface area contributed by atoms with E-state index >= 15 is 0 Å². The summed E-state index contributed by atoms with van der Waals surface area (Å²) >= 11 is 0. The molecule has 0 saturated carbocycles. The van der Waals surface area contributed by atoms with Crippen molar-refractivity contribution in [3.8, 4) is 0 Å². The van der Waals surface area contributed by atoms with Gasteiger partial charge in [0.2, 0.25) is 0 Å². The van der Waals surface area contributed by atoms with Gasteiger partial charge in [0.25, 0.3) is 0 Å². The predicted octanol–water partition coefficient (Wildman–Crippen LogP) is 3.60. The van der Waals surface area contributed by atoms with Crippen LogP contribution in [0.4, 0.5) is 0 Å². The Morgan fingerprint density at radius 2 is 0.737 bits per heavy atom. The lowest BCUT2D eigenvalue weighted by molar-refractivity contribution is -0.140. The third-order valence-electron chi connectivity index (χ3n) is 5.06. The number of rotatable bonds is 32. The fraction of sp³-hybridized carbons (Fsp3) is 0.893. The number of hydrogen-bond acceptors (Lipinski definition) is 10. The van der Waals surface area contributed by atoms with Crippen molar-refractivity contribution in [3.63, 3.8) is 0 Å². The van der Waals surface area contributed by atoms with E-state index in [1.54, 1.807) is 6.92 Å². The Bertz CT molecular complexity index is 504. The van der Waals surface area contributed by atoms with Gasteiger partial charge in [-0.2, -0.15) is 0 Å². The molecule has 0 fully saturated rings. The van der Waals surface area contributed by atoms with Gasteiger partial charge in [-0.15, -0.1) is 0 Å². The number of hydrogen-bond donors (Lipinski definition) is 0. The van der Waals surface area contributed by atoms with Crippen molar-refractivity contribution in [1.29, 1.82) is 0 Å². The third-order valence-corrected chi connectivity index (χ3v) is 5.06. The topological polar surface area (TPSA) is 100 Å². The molecule has 0 unspecified atom stereocenters. The molecule has 0 aromatic heterocycles. The van der Waals surface area contributed by atoms with Gasteiger partial charge in [-0.1, -0.05) is 45.6 Å². The van der Waals surface area contributed by atoms with Crippen LogP contribution in [0.25, 0.3) is 0 Å². The molecule has 0 atom stereocenters. The Balaban J connectivity index is 3.06. The number of esters is 1. The maximum absolute atomic E-state index is 11.2. The normalized spacial score (nSPS) is 11.2. The summed E-state index contributed by atoms with van der Waals surface area (Å²) in [5, 5.41) is 0. The molecule has 0 radical (unpaired) electrons. The second-order valence-corrected chi connectivity index (χ2v) is 8.58. The van der Waals surface area contributed by atoms with Crippen LogP contribution in [0.3, 0.4) is 0 Å². The van der Waals surface area contributed by atoms with Gasteiger partial charge >= 0.3 is 5.97 Å². The summed E-state index contributed by atoms with van der Waals surface area (Å²) < 4.78 is 48.5. The minimum absolute atomic E-state index is 0.207. The van der Waals surface area contributed by atoms with Crippen molar-refractivity contribution in [3.05, 3.63) is 12.2 Å². The fourth-order valence-corrected chi connectivity index (χ4v) is 2.94. The highest BCUT2D eigenvalue weighted by atomic mass is 16.6. The van der Waals surface area contributed by atoms with Crippen LogP contribution >= 0.6 is 0 Å². The lowest BCUT2D eigenvalue weighted by atomic mass is 10.1. The molecule has 0 bridgehead atoms. The molecule has 0 heterocycles. The minimum Gasteiger partial charge on any atom is -0.460 e. The molecule has 0 spiro atoms. The SMILES string of the molecule is C=C(C)C(=O)OCCOCCOCCOCCOCCOCCOCCOCCOCCCCCCCC. The van der Waals surface area contributed by atoms with E-state index in [9.17, 15) is 4.79 Å². The summed E-state index contributed by atoms with van der Waals surface area (Å²) in [6.07, 6.45) is 7.67. The van der Waals surface area contributed by atoms with Crippen molar-refractivity contribution < 1.29 is 47.4 Å². The van der Waals surface area contributed by atoms with Crippen LogP contribution in [0.1, 0.15) is 52.4 Å². The van der Waals surface area contributed by atoms with Crippen molar-refractivity contribution >= 4 is 5.97 Å². The first-order valence-electron chi connectivity index (χ1n) is 14.1. The van der Waals surface area contributed by atoms with Crippen LogP contribution in [0.2, 0.25) is 0 Å². The summed E-state index contributed by atoms with van der Waals surface area (Å²) in [4.78, 5) is 11.2. The van der Waals surface area contributed by atoms with Crippen LogP contribution in [0, 0.1) is 0 Å². The van der Waals surface area contributed by atoms with Gasteiger partial charge in [0.15, 0.2) is 0 Å². The summed E-state index contributed by atoms with van der Waals surface area (Å²) in [7, 11) is 0. The third kappa shape index (κ3) is 31.1. The molecule has 0 saturated heterocycles. The monoisotopic (exact) mass is 550 g/mol. The molecule has 0 aromatic rings. The Hall–Kier alpha value is -1.11. The lowest BCUT2D eigenvalue weighted by Crippen LogP contribution is -2.15. The van der Waals surface area contributed by atoms with Gasteiger partial charge in [0.05, 0.1) is 99.1 Å². The van der Waals surface area contributed by atoms with Crippen LogP contribution in [-0.2, 0) is 47.4 Å². The highest BCUT2D eigenvalue weighted by molar-refractivity contribution is 5.86. The van der Waals surface area contributed by atoms with Gasteiger partial charge in [-0.25, -0.2) is 4.79 Å². The smallest absolute Gasteiger partial charge is 0.333 e. The number of carbonyl (C=O) groups excluding carboxylic acids is 1. The maximum Gasteiger partial charge on any atom is 0.333 e. The van der Waals surface area contributed by atoms with E-state index in [-0.39, 0.29) is 6.61 Å². The molecule has 0 rings (SSSR count). The molecule has 10 nitrogen and oxygen atoms in total. The van der Waals surface area contributed by atoms with Gasteiger partial charge in [0.1, 0.15) is 6.61 Å². The van der Waals surface area contributed by atoms with Crippen LogP contribution in [0.15, 0.2) is 12.2 Å². The highest BCUT2D eigenvalue weighted by Gasteiger charge is 2.02. The number of ether oxygens (including phenoxy) is 9. The standard InChI is InChI=1S/C28H54O10/c1-4-5-6-7-8-9-10-30-11-12-31-13-14-32-15-16-33-17-18-34-19-20-35-21-22-36-23-24-37-25-26-38-28(29)27(2)3/h2,4-26H2,1,3H3. The van der Waals surface area contributed by atoms with Crippen LogP contribution < -0.4 is 0 Å². The van der Waals surface area contributed by atoms with Crippen LogP contribution in [0.5, 0.6) is 0 Å². The molecule has 10 heteroatoms. The fourth-order valence-electron chi connectivity index (χ4n) is 2.94. The first-order valence-corrected chi connectivity index (χ1v) is 14.1. The Labute approximate surface area is 230 Å². The van der Waals surface area contributed by atoms with Crippen molar-refractivity contribution in [2.45, 2.75) is 52.4 Å². The van der Waals surface area contributed by atoms with E-state index in [1.165, 1.54) is 32.1 Å². The molecule has 226 valence electrons. The van der Waals surface area contributed by atoms with E-state index in [0.29, 0.717) is 105 Å². The zero-order valence-electron chi connectivity index (χ0n) is 24.1. The number of unbranched alkanes of at least 4 members (excludes halogenated alkanes) is 5. The van der Waals surface area contributed by atoms with Crippen LogP contribution in [-0.4, -0.2) is 118 Å². The predicted molar refractivity (Wildman–Crippen MR) is 146 cm³/mol. The lowest BCUT2D eigenvalue weighted by Gasteiger charge is -2.09. The molecular weight excluding hydrogens is 496 g/mol. The molecule has 0 aliphatic rings. The second kappa shape index (κ2) is 32.1. The van der Waals surface area contributed by atoms with Gasteiger partial charge in [0, 0.05) is 12.2 Å². The summed E-state index contributed by atoms with van der Waals surface area (Å²) in [6, 6.07) is 0. The molecule has 0 N–H and O–H groups in total. The van der Waals surface area contributed by atoms with Gasteiger partial charge < -0.3 is 42.6 Å². The quantitative estimate of drug-likeness (QED) is 0.0702. The van der Waals surface area contributed by atoms with E-state index < -0.39 is 5.97 Å². The summed E-state index contributed by atoms with van der Waals surface area (Å²) in [6.45, 7) is 16.0. The summed E-state index contributed by atoms with van der Waals surface area (Å²) in [5.74, 6) is -0.406. The molecule has 0 amide bonds. The second-order valence-electron chi connectivity index (χ2n) is 8.58. The van der Waals surface area contributed by atoms with Crippen molar-refractivity contribution in [2.75, 3.05) is 112 Å². The van der Waals surface area contributed by atoms with Crippen molar-refractivity contribution in [2.24, 2.45) is 0 Å². The first-order chi connectivity index (χ1) is 18.7. The van der Waals surface area contributed by atoms with Gasteiger partial charge in [-0.05, 0) is 13.3 Å². The zero-order valence-corrected chi connectivity index (χ0v) is 24.1. The number of carbonyl (C=O) groups is 1. The average molecular weight is 551 g/mol. The highest BCUT2D eigenvalue weighted by Crippen LogP contribution is 2.04. The molecule has 0 aliphatic carbocycles. The van der Waals surface area contributed by atoms with Gasteiger partial charge in [-0.3, -0.25) is 0 Å². The van der Waals surface area contributed by atoms with E-state index in [1.807, 2.05) is 0 Å². The summed E-state index contributed by atoms with van der Waals surface area (Å²) in [5.41, 5.74) is 0.376. The Morgan fingerprint density at radius 1 is 0.447 bits per heavy atom. The minimum atomic E-state index is -0.406. The molecular formula is C28H54O10. The van der Waals surface area contributed by atoms with E-state index in [4.69, 9.17) is 42.6 Å². The average Bonchev–Trinajstić information content (AvgIpc) is 2.91. The maximum atomic E-state index is 11.2. The Kier molecular flexibility index (Phi) is 31.2. The molecule has 0 aliphatic heterocycles. The first kappa shape index (κ1) is 36.9. The van der Waals surface area contributed by atoms with Crippen molar-refractivity contribution in [1.82, 2.24) is 0 Å². The molecule has 0 aromatic carbocycles. The largest absolute Gasteiger partial charge is 0.460 e. The van der Waals surface area contributed by atoms with E-state index in [0.717, 1.165) is 13.0 Å².